The number of hydrogen-bond donors (Lipinski definition) is 1. The normalized spacial score (nSPS) is 29.3. The van der Waals surface area contributed by atoms with Crippen molar-refractivity contribution in [3.05, 3.63) is 23.9 Å². The SMILES string of the molecule is O=C(NC1CCN(Cc2ccc(N3CCOCC3)nc2)CC1)C1CCCC(C2CCC(=NC(F)(F)F)CC2)C1F. The number of rotatable bonds is 6. The van der Waals surface area contributed by atoms with Gasteiger partial charge in [0.1, 0.15) is 12.0 Å². The molecule has 1 N–H and O–H groups in total. The van der Waals surface area contributed by atoms with Crippen LogP contribution in [0, 0.1) is 17.8 Å². The maximum absolute atomic E-state index is 15.6. The summed E-state index contributed by atoms with van der Waals surface area (Å²) < 4.78 is 58.8. The lowest BCUT2D eigenvalue weighted by molar-refractivity contribution is -0.131. The number of halogens is 4. The van der Waals surface area contributed by atoms with Gasteiger partial charge in [-0.25, -0.2) is 9.37 Å². The van der Waals surface area contributed by atoms with Crippen molar-refractivity contribution < 1.29 is 27.1 Å². The molecule has 40 heavy (non-hydrogen) atoms. The molecule has 1 amide bonds. The van der Waals surface area contributed by atoms with Gasteiger partial charge in [-0.15, -0.1) is 13.2 Å². The number of aromatic nitrogens is 1. The number of carbonyl (C=O) groups is 1. The molecule has 4 fully saturated rings. The molecule has 0 bridgehead atoms. The van der Waals surface area contributed by atoms with E-state index in [-0.39, 0.29) is 42.3 Å². The van der Waals surface area contributed by atoms with Crippen LogP contribution >= 0.6 is 0 Å². The molecule has 2 aliphatic heterocycles. The molecule has 7 nitrogen and oxygen atoms in total. The fourth-order valence-electron chi connectivity index (χ4n) is 6.95. The second-order valence-corrected chi connectivity index (χ2v) is 11.8. The van der Waals surface area contributed by atoms with E-state index in [2.05, 4.69) is 37.2 Å². The Hall–Kier alpha value is -2.27. The Balaban J connectivity index is 1.05. The summed E-state index contributed by atoms with van der Waals surface area (Å²) in [6.07, 6.45) is 1.35. The molecule has 3 heterocycles. The van der Waals surface area contributed by atoms with Gasteiger partial charge in [-0.3, -0.25) is 9.69 Å². The number of nitrogens with one attached hydrogen (secondary N) is 1. The van der Waals surface area contributed by atoms with Crippen molar-refractivity contribution in [2.75, 3.05) is 44.3 Å². The quantitative estimate of drug-likeness (QED) is 0.391. The minimum absolute atomic E-state index is 0.0125. The van der Waals surface area contributed by atoms with Crippen LogP contribution in [0.25, 0.3) is 0 Å². The summed E-state index contributed by atoms with van der Waals surface area (Å²) in [6, 6.07) is 4.23. The van der Waals surface area contributed by atoms with Crippen molar-refractivity contribution in [3.8, 4) is 0 Å². The third kappa shape index (κ3) is 7.72. The number of alkyl halides is 4. The van der Waals surface area contributed by atoms with Crippen LogP contribution in [0.3, 0.4) is 0 Å². The number of aliphatic imine (C=N–C) groups is 1. The van der Waals surface area contributed by atoms with Crippen LogP contribution < -0.4 is 10.2 Å². The van der Waals surface area contributed by atoms with Gasteiger partial charge < -0.3 is 15.0 Å². The molecule has 1 aromatic heterocycles. The molecule has 222 valence electrons. The molecule has 3 atom stereocenters. The highest BCUT2D eigenvalue weighted by atomic mass is 19.4. The lowest BCUT2D eigenvalue weighted by Crippen LogP contribution is -2.49. The van der Waals surface area contributed by atoms with Gasteiger partial charge >= 0.3 is 6.30 Å². The summed E-state index contributed by atoms with van der Waals surface area (Å²) in [7, 11) is 0. The van der Waals surface area contributed by atoms with Crippen LogP contribution in [-0.2, 0) is 16.1 Å². The Bertz CT molecular complexity index is 997. The molecule has 0 radical (unpaired) electrons. The topological polar surface area (TPSA) is 70.1 Å². The molecule has 0 spiro atoms. The Labute approximate surface area is 233 Å². The predicted octanol–water partition coefficient (Wildman–Crippen LogP) is 4.90. The second kappa shape index (κ2) is 13.1. The fraction of sp³-hybridized carbons (Fsp3) is 0.759. The lowest BCUT2D eigenvalue weighted by atomic mass is 9.68. The first-order valence-corrected chi connectivity index (χ1v) is 14.8. The van der Waals surface area contributed by atoms with Gasteiger partial charge in [-0.1, -0.05) is 12.5 Å². The number of amides is 1. The molecule has 0 aromatic carbocycles. The van der Waals surface area contributed by atoms with Gasteiger partial charge in [0.25, 0.3) is 0 Å². The standard InChI is InChI=1S/C29H41F4N5O2/c30-27-24(21-5-7-23(8-6-21)36-29(31,32)33)2-1-3-25(27)28(39)35-22-10-12-37(13-11-22)19-20-4-9-26(34-18-20)38-14-16-40-17-15-38/h4,9,18,21-22,24-25,27H,1-3,5-8,10-17,19H2,(H,35,39). The Morgan fingerprint density at radius 2 is 1.75 bits per heavy atom. The molecule has 4 aliphatic rings. The van der Waals surface area contributed by atoms with Gasteiger partial charge in [0, 0.05) is 50.7 Å². The van der Waals surface area contributed by atoms with Crippen LogP contribution in [-0.4, -0.2) is 79.4 Å². The zero-order valence-corrected chi connectivity index (χ0v) is 23.0. The molecule has 1 aromatic rings. The van der Waals surface area contributed by atoms with E-state index < -0.39 is 18.4 Å². The van der Waals surface area contributed by atoms with Crippen LogP contribution in [0.1, 0.15) is 63.4 Å². The number of pyridine rings is 1. The van der Waals surface area contributed by atoms with Crippen molar-refractivity contribution in [3.63, 3.8) is 0 Å². The first kappa shape index (κ1) is 29.2. The monoisotopic (exact) mass is 567 g/mol. The van der Waals surface area contributed by atoms with Crippen molar-refractivity contribution >= 4 is 17.4 Å². The molecular formula is C29H41F4N5O2. The Morgan fingerprint density at radius 1 is 1.02 bits per heavy atom. The van der Waals surface area contributed by atoms with Gasteiger partial charge in [-0.05, 0) is 74.8 Å². The minimum atomic E-state index is -4.54. The zero-order valence-electron chi connectivity index (χ0n) is 23.0. The Kier molecular flexibility index (Phi) is 9.60. The molecule has 3 unspecified atom stereocenters. The van der Waals surface area contributed by atoms with Crippen LogP contribution in [0.2, 0.25) is 0 Å². The highest BCUT2D eigenvalue weighted by molar-refractivity contribution is 5.85. The van der Waals surface area contributed by atoms with Crippen molar-refractivity contribution in [1.29, 1.82) is 0 Å². The molecule has 2 saturated carbocycles. The summed E-state index contributed by atoms with van der Waals surface area (Å²) in [4.78, 5) is 25.2. The van der Waals surface area contributed by atoms with Crippen molar-refractivity contribution in [2.24, 2.45) is 22.7 Å². The number of likely N-dealkylation sites (tertiary alicyclic amines) is 1. The van der Waals surface area contributed by atoms with Gasteiger partial charge in [0.05, 0.1) is 19.1 Å². The number of morpholine rings is 1. The van der Waals surface area contributed by atoms with Gasteiger partial charge in [-0.2, -0.15) is 4.99 Å². The summed E-state index contributed by atoms with van der Waals surface area (Å²) in [5.41, 5.74) is 1.32. The molecule has 2 saturated heterocycles. The molecule has 11 heteroatoms. The van der Waals surface area contributed by atoms with Gasteiger partial charge in [0.15, 0.2) is 0 Å². The summed E-state index contributed by atoms with van der Waals surface area (Å²) in [5, 5.41) is 3.13. The summed E-state index contributed by atoms with van der Waals surface area (Å²) in [6.45, 7) is 5.70. The fourth-order valence-corrected chi connectivity index (χ4v) is 6.95. The van der Waals surface area contributed by atoms with Crippen molar-refractivity contribution in [2.45, 2.75) is 82.8 Å². The predicted molar refractivity (Wildman–Crippen MR) is 145 cm³/mol. The van der Waals surface area contributed by atoms with E-state index in [9.17, 15) is 18.0 Å². The Morgan fingerprint density at radius 3 is 2.40 bits per heavy atom. The molecule has 2 aliphatic carbocycles. The van der Waals surface area contributed by atoms with E-state index in [0.717, 1.165) is 76.6 Å². The maximum atomic E-state index is 15.6. The van der Waals surface area contributed by atoms with E-state index in [1.807, 2.05) is 6.20 Å². The summed E-state index contributed by atoms with van der Waals surface area (Å²) >= 11 is 0. The smallest absolute Gasteiger partial charge is 0.378 e. The van der Waals surface area contributed by atoms with E-state index in [1.54, 1.807) is 0 Å². The maximum Gasteiger partial charge on any atom is 0.503 e. The third-order valence-electron chi connectivity index (χ3n) is 9.16. The number of anilines is 1. The van der Waals surface area contributed by atoms with Crippen LogP contribution in [0.4, 0.5) is 23.4 Å². The molecule has 5 rings (SSSR count). The first-order valence-electron chi connectivity index (χ1n) is 14.8. The van der Waals surface area contributed by atoms with E-state index in [0.29, 0.717) is 25.7 Å². The largest absolute Gasteiger partial charge is 0.503 e. The average Bonchev–Trinajstić information content (AvgIpc) is 2.95. The average molecular weight is 568 g/mol. The first-order chi connectivity index (χ1) is 19.2. The number of carbonyl (C=O) groups excluding carboxylic acids is 1. The highest BCUT2D eigenvalue weighted by Crippen LogP contribution is 2.42. The highest BCUT2D eigenvalue weighted by Gasteiger charge is 2.42. The third-order valence-corrected chi connectivity index (χ3v) is 9.16. The van der Waals surface area contributed by atoms with Crippen LogP contribution in [0.15, 0.2) is 23.3 Å². The second-order valence-electron chi connectivity index (χ2n) is 11.8. The number of nitrogens with zero attached hydrogens (tertiary/aromatic N) is 4. The van der Waals surface area contributed by atoms with Crippen molar-refractivity contribution in [1.82, 2.24) is 15.2 Å². The number of ether oxygens (including phenoxy) is 1. The van der Waals surface area contributed by atoms with E-state index >= 15 is 4.39 Å². The number of hydrogen-bond acceptors (Lipinski definition) is 6. The lowest BCUT2D eigenvalue weighted by Gasteiger charge is -2.40. The minimum Gasteiger partial charge on any atom is -0.378 e. The molecular weight excluding hydrogens is 526 g/mol. The van der Waals surface area contributed by atoms with E-state index in [1.165, 1.54) is 0 Å². The summed E-state index contributed by atoms with van der Waals surface area (Å²) in [5.74, 6) is -0.139. The van der Waals surface area contributed by atoms with E-state index in [4.69, 9.17) is 4.74 Å². The number of piperidine rings is 1. The van der Waals surface area contributed by atoms with Gasteiger partial charge in [0.2, 0.25) is 5.91 Å². The zero-order chi connectivity index (χ0) is 28.1. The van der Waals surface area contributed by atoms with Crippen LogP contribution in [0.5, 0.6) is 0 Å².